The van der Waals surface area contributed by atoms with Crippen LogP contribution < -0.4 is 16.3 Å². The van der Waals surface area contributed by atoms with Gasteiger partial charge in [-0.05, 0) is 12.1 Å². The summed E-state index contributed by atoms with van der Waals surface area (Å²) in [5.74, 6) is 0.683. The number of fused-ring (bicyclic) bond motifs is 1. The molecule has 8 heteroatoms. The third-order valence-electron chi connectivity index (χ3n) is 2.48. The number of hydrogen-bond donors (Lipinski definition) is 2. The first-order chi connectivity index (χ1) is 8.72. The van der Waals surface area contributed by atoms with Gasteiger partial charge in [0, 0.05) is 20.1 Å². The second-order valence-electron chi connectivity index (χ2n) is 3.81. The largest absolute Gasteiger partial charge is 0.378 e. The van der Waals surface area contributed by atoms with E-state index in [1.165, 1.54) is 4.52 Å². The van der Waals surface area contributed by atoms with Gasteiger partial charge in [-0.25, -0.2) is 9.89 Å². The number of nitrogens with zero attached hydrogens (tertiary/aromatic N) is 4. The summed E-state index contributed by atoms with van der Waals surface area (Å²) in [6.07, 6.45) is 0. The SMILES string of the molecule is CN(CCOCCN)c1ccc2n[nH]c(=O)n2n1. The standard InChI is InChI=1S/C10H16N6O2/c1-15(5-7-18-6-4-11)9-3-2-8-12-13-10(17)16(8)14-9/h2-3H,4-7,11H2,1H3,(H,13,17). The monoisotopic (exact) mass is 252 g/mol. The van der Waals surface area contributed by atoms with Crippen LogP contribution >= 0.6 is 0 Å². The van der Waals surface area contributed by atoms with E-state index < -0.39 is 0 Å². The Morgan fingerprint density at radius 3 is 3.11 bits per heavy atom. The lowest BCUT2D eigenvalue weighted by Crippen LogP contribution is -2.26. The highest BCUT2D eigenvalue weighted by Gasteiger charge is 2.06. The number of rotatable bonds is 6. The number of aromatic amines is 1. The Labute approximate surface area is 103 Å². The number of likely N-dealkylation sites (N-methyl/N-ethyl adjacent to an activating group) is 1. The van der Waals surface area contributed by atoms with Gasteiger partial charge in [0.05, 0.1) is 13.2 Å². The lowest BCUT2D eigenvalue weighted by atomic mass is 10.4. The van der Waals surface area contributed by atoms with Crippen LogP contribution in [0.4, 0.5) is 5.82 Å². The zero-order valence-corrected chi connectivity index (χ0v) is 10.2. The first kappa shape index (κ1) is 12.5. The topological polar surface area (TPSA) is 102 Å². The molecule has 98 valence electrons. The summed E-state index contributed by atoms with van der Waals surface area (Å²) in [6, 6.07) is 3.54. The Morgan fingerprint density at radius 2 is 2.33 bits per heavy atom. The Morgan fingerprint density at radius 1 is 1.50 bits per heavy atom. The second kappa shape index (κ2) is 5.61. The molecular weight excluding hydrogens is 236 g/mol. The molecule has 0 amide bonds. The van der Waals surface area contributed by atoms with E-state index in [-0.39, 0.29) is 5.69 Å². The van der Waals surface area contributed by atoms with Gasteiger partial charge >= 0.3 is 5.69 Å². The molecule has 0 unspecified atom stereocenters. The molecular formula is C10H16N6O2. The summed E-state index contributed by atoms with van der Waals surface area (Å²) in [6.45, 7) is 2.29. The maximum absolute atomic E-state index is 11.4. The van der Waals surface area contributed by atoms with Crippen LogP contribution in [0.25, 0.3) is 5.65 Å². The molecule has 18 heavy (non-hydrogen) atoms. The number of ether oxygens (including phenoxy) is 1. The molecule has 0 aliphatic heterocycles. The van der Waals surface area contributed by atoms with Crippen molar-refractivity contribution in [3.63, 3.8) is 0 Å². The molecule has 0 radical (unpaired) electrons. The van der Waals surface area contributed by atoms with Gasteiger partial charge in [-0.15, -0.1) is 5.10 Å². The highest BCUT2D eigenvalue weighted by molar-refractivity contribution is 5.44. The number of hydrogen-bond acceptors (Lipinski definition) is 6. The van der Waals surface area contributed by atoms with Gasteiger partial charge in [0.25, 0.3) is 0 Å². The van der Waals surface area contributed by atoms with Crippen molar-refractivity contribution in [2.75, 3.05) is 38.3 Å². The van der Waals surface area contributed by atoms with Crippen LogP contribution in [0, 0.1) is 0 Å². The van der Waals surface area contributed by atoms with Gasteiger partial charge < -0.3 is 15.4 Å². The summed E-state index contributed by atoms with van der Waals surface area (Å²) < 4.78 is 6.52. The molecule has 0 fully saturated rings. The fraction of sp³-hybridized carbons (Fsp3) is 0.500. The fourth-order valence-corrected chi connectivity index (χ4v) is 1.50. The summed E-state index contributed by atoms with van der Waals surface area (Å²) >= 11 is 0. The van der Waals surface area contributed by atoms with Gasteiger partial charge in [-0.2, -0.15) is 9.61 Å². The van der Waals surface area contributed by atoms with E-state index in [1.807, 2.05) is 11.9 Å². The molecule has 2 rings (SSSR count). The number of nitrogens with one attached hydrogen (secondary N) is 1. The normalized spacial score (nSPS) is 11.0. The van der Waals surface area contributed by atoms with Crippen LogP contribution in [0.15, 0.2) is 16.9 Å². The molecule has 2 aromatic rings. The molecule has 0 saturated carbocycles. The Bertz CT molecular complexity index is 563. The molecule has 2 heterocycles. The van der Waals surface area contributed by atoms with E-state index >= 15 is 0 Å². The highest BCUT2D eigenvalue weighted by atomic mass is 16.5. The van der Waals surface area contributed by atoms with E-state index in [9.17, 15) is 4.79 Å². The predicted molar refractivity (Wildman–Crippen MR) is 66.8 cm³/mol. The number of nitrogens with two attached hydrogens (primary N) is 1. The van der Waals surface area contributed by atoms with Gasteiger partial charge in [0.15, 0.2) is 5.65 Å². The zero-order chi connectivity index (χ0) is 13.0. The lowest BCUT2D eigenvalue weighted by Gasteiger charge is -2.17. The quantitative estimate of drug-likeness (QED) is 0.628. The number of H-pyrrole nitrogens is 1. The van der Waals surface area contributed by atoms with Gasteiger partial charge in [-0.3, -0.25) is 0 Å². The molecule has 0 spiro atoms. The second-order valence-corrected chi connectivity index (χ2v) is 3.81. The van der Waals surface area contributed by atoms with E-state index in [0.717, 1.165) is 0 Å². The molecule has 0 saturated heterocycles. The Balaban J connectivity index is 2.05. The number of aromatic nitrogens is 4. The molecule has 0 atom stereocenters. The van der Waals surface area contributed by atoms with E-state index in [4.69, 9.17) is 10.5 Å². The van der Waals surface area contributed by atoms with Crippen molar-refractivity contribution >= 4 is 11.5 Å². The van der Waals surface area contributed by atoms with Crippen LogP contribution in [0.5, 0.6) is 0 Å². The molecule has 8 nitrogen and oxygen atoms in total. The van der Waals surface area contributed by atoms with Gasteiger partial charge in [-0.1, -0.05) is 0 Å². The first-order valence-electron chi connectivity index (χ1n) is 5.66. The van der Waals surface area contributed by atoms with Crippen LogP contribution in [0.1, 0.15) is 0 Å². The lowest BCUT2D eigenvalue weighted by molar-refractivity contribution is 0.148. The molecule has 2 aromatic heterocycles. The van der Waals surface area contributed by atoms with Crippen molar-refractivity contribution in [1.29, 1.82) is 0 Å². The molecule has 0 aromatic carbocycles. The van der Waals surface area contributed by atoms with E-state index in [2.05, 4.69) is 15.3 Å². The predicted octanol–water partition coefficient (Wildman–Crippen LogP) is -1.17. The summed E-state index contributed by atoms with van der Waals surface area (Å²) in [5, 5.41) is 10.3. The van der Waals surface area contributed by atoms with Gasteiger partial charge in [0.1, 0.15) is 5.82 Å². The van der Waals surface area contributed by atoms with E-state index in [0.29, 0.717) is 37.8 Å². The minimum atomic E-state index is -0.348. The van der Waals surface area contributed by atoms with Crippen molar-refractivity contribution < 1.29 is 4.74 Å². The summed E-state index contributed by atoms with van der Waals surface area (Å²) in [7, 11) is 1.88. The Hall–Kier alpha value is -1.93. The highest BCUT2D eigenvalue weighted by Crippen LogP contribution is 2.07. The molecule has 0 bridgehead atoms. The maximum atomic E-state index is 11.4. The zero-order valence-electron chi connectivity index (χ0n) is 10.2. The van der Waals surface area contributed by atoms with Crippen LogP contribution in [0.2, 0.25) is 0 Å². The summed E-state index contributed by atoms with van der Waals surface area (Å²) in [5.41, 5.74) is 5.47. The van der Waals surface area contributed by atoms with Crippen molar-refractivity contribution in [2.45, 2.75) is 0 Å². The van der Waals surface area contributed by atoms with E-state index in [1.54, 1.807) is 12.1 Å². The summed E-state index contributed by atoms with van der Waals surface area (Å²) in [4.78, 5) is 13.3. The van der Waals surface area contributed by atoms with Crippen molar-refractivity contribution in [3.8, 4) is 0 Å². The van der Waals surface area contributed by atoms with Crippen LogP contribution in [-0.4, -0.2) is 53.2 Å². The average molecular weight is 252 g/mol. The minimum absolute atomic E-state index is 0.348. The van der Waals surface area contributed by atoms with Gasteiger partial charge in [0.2, 0.25) is 0 Å². The van der Waals surface area contributed by atoms with Crippen molar-refractivity contribution in [3.05, 3.63) is 22.6 Å². The Kier molecular flexibility index (Phi) is 3.90. The molecule has 3 N–H and O–H groups in total. The van der Waals surface area contributed by atoms with Crippen molar-refractivity contribution in [2.24, 2.45) is 5.73 Å². The minimum Gasteiger partial charge on any atom is -0.378 e. The number of anilines is 1. The smallest absolute Gasteiger partial charge is 0.364 e. The molecule has 0 aliphatic carbocycles. The maximum Gasteiger partial charge on any atom is 0.364 e. The average Bonchev–Trinajstić information content (AvgIpc) is 2.76. The third-order valence-corrected chi connectivity index (χ3v) is 2.48. The first-order valence-corrected chi connectivity index (χ1v) is 5.66. The van der Waals surface area contributed by atoms with Crippen molar-refractivity contribution in [1.82, 2.24) is 19.8 Å². The third kappa shape index (κ3) is 2.66. The van der Waals surface area contributed by atoms with Crippen LogP contribution in [-0.2, 0) is 4.74 Å². The fourth-order valence-electron chi connectivity index (χ4n) is 1.50. The van der Waals surface area contributed by atoms with Crippen LogP contribution in [0.3, 0.4) is 0 Å². The molecule has 0 aliphatic rings.